The number of aryl methyl sites for hydroxylation is 1. The summed E-state index contributed by atoms with van der Waals surface area (Å²) in [7, 11) is 0. The minimum Gasteiger partial charge on any atom is -0.362 e. The molecule has 1 saturated heterocycles. The van der Waals surface area contributed by atoms with Crippen molar-refractivity contribution in [1.82, 2.24) is 19.8 Å². The van der Waals surface area contributed by atoms with E-state index in [9.17, 15) is 9.59 Å². The Morgan fingerprint density at radius 1 is 1.13 bits per heavy atom. The highest BCUT2D eigenvalue weighted by Crippen LogP contribution is 2.23. The van der Waals surface area contributed by atoms with Crippen molar-refractivity contribution >= 4 is 23.1 Å². The Morgan fingerprint density at radius 2 is 1.83 bits per heavy atom. The third-order valence-corrected chi connectivity index (χ3v) is 3.59. The molecule has 116 valence electrons. The standard InChI is InChI=1S/C15H13N5O3/c1-9-6-12-16-15(18-20(12)17-9)10-2-4-11(5-3-10)19-13(21)7-23-8-14(19)22/h2-6,17H,7-8H2,1H3. The van der Waals surface area contributed by atoms with E-state index in [2.05, 4.69) is 15.2 Å². The lowest BCUT2D eigenvalue weighted by Crippen LogP contribution is -2.46. The van der Waals surface area contributed by atoms with Gasteiger partial charge in [-0.1, -0.05) is 0 Å². The minimum atomic E-state index is -0.363. The summed E-state index contributed by atoms with van der Waals surface area (Å²) in [5.74, 6) is -0.154. The van der Waals surface area contributed by atoms with Gasteiger partial charge in [0, 0.05) is 17.3 Å². The molecule has 0 spiro atoms. The Kier molecular flexibility index (Phi) is 2.98. The number of aromatic amines is 1. The molecular formula is C15H13N5O3. The number of fused-ring (bicyclic) bond motifs is 1. The van der Waals surface area contributed by atoms with Crippen molar-refractivity contribution < 1.29 is 14.3 Å². The molecule has 23 heavy (non-hydrogen) atoms. The minimum absolute atomic E-state index is 0.0832. The summed E-state index contributed by atoms with van der Waals surface area (Å²) < 4.78 is 6.51. The predicted molar refractivity (Wildman–Crippen MR) is 80.8 cm³/mol. The number of aromatic nitrogens is 4. The molecule has 1 fully saturated rings. The zero-order valence-electron chi connectivity index (χ0n) is 12.3. The van der Waals surface area contributed by atoms with Gasteiger partial charge in [0.15, 0.2) is 11.5 Å². The van der Waals surface area contributed by atoms with Crippen LogP contribution in [-0.2, 0) is 14.3 Å². The topological polar surface area (TPSA) is 92.6 Å². The number of rotatable bonds is 2. The summed E-state index contributed by atoms with van der Waals surface area (Å²) in [5, 5.41) is 7.41. The van der Waals surface area contributed by atoms with Crippen LogP contribution in [0.3, 0.4) is 0 Å². The predicted octanol–water partition coefficient (Wildman–Crippen LogP) is 0.923. The van der Waals surface area contributed by atoms with Crippen molar-refractivity contribution in [3.05, 3.63) is 36.0 Å². The first-order valence-electron chi connectivity index (χ1n) is 7.08. The first-order valence-corrected chi connectivity index (χ1v) is 7.08. The molecule has 1 aliphatic heterocycles. The summed E-state index contributed by atoms with van der Waals surface area (Å²) in [4.78, 5) is 29.2. The molecule has 0 bridgehead atoms. The number of hydrogen-bond acceptors (Lipinski definition) is 5. The van der Waals surface area contributed by atoms with Gasteiger partial charge in [-0.2, -0.15) is 4.63 Å². The van der Waals surface area contributed by atoms with Crippen LogP contribution in [0.15, 0.2) is 30.3 Å². The molecule has 4 rings (SSSR count). The van der Waals surface area contributed by atoms with Crippen LogP contribution in [0.1, 0.15) is 5.69 Å². The van der Waals surface area contributed by atoms with E-state index in [0.717, 1.165) is 21.8 Å². The normalized spacial score (nSPS) is 15.6. The maximum absolute atomic E-state index is 11.8. The number of nitrogens with zero attached hydrogens (tertiary/aromatic N) is 4. The van der Waals surface area contributed by atoms with Crippen LogP contribution in [0.25, 0.3) is 17.0 Å². The van der Waals surface area contributed by atoms with Crippen LogP contribution in [0.4, 0.5) is 5.69 Å². The average Bonchev–Trinajstić information content (AvgIpc) is 3.05. The van der Waals surface area contributed by atoms with Gasteiger partial charge in [0.05, 0.1) is 5.69 Å². The molecule has 0 radical (unpaired) electrons. The summed E-state index contributed by atoms with van der Waals surface area (Å²) in [6.45, 7) is 1.77. The number of anilines is 1. The molecule has 2 amide bonds. The second-order valence-electron chi connectivity index (χ2n) is 5.31. The molecule has 1 aromatic carbocycles. The molecular weight excluding hydrogens is 298 g/mol. The number of nitrogens with one attached hydrogen (secondary N) is 1. The van der Waals surface area contributed by atoms with Crippen LogP contribution in [0.5, 0.6) is 0 Å². The number of amides is 2. The van der Waals surface area contributed by atoms with Crippen LogP contribution >= 0.6 is 0 Å². The van der Waals surface area contributed by atoms with Crippen LogP contribution < -0.4 is 4.90 Å². The fraction of sp³-hybridized carbons (Fsp3) is 0.200. The van der Waals surface area contributed by atoms with Crippen molar-refractivity contribution in [1.29, 1.82) is 0 Å². The summed E-state index contributed by atoms with van der Waals surface area (Å²) >= 11 is 0. The van der Waals surface area contributed by atoms with Gasteiger partial charge in [0.1, 0.15) is 13.2 Å². The van der Waals surface area contributed by atoms with E-state index in [1.54, 1.807) is 28.9 Å². The number of carbonyl (C=O) groups is 2. The van der Waals surface area contributed by atoms with Gasteiger partial charge in [-0.05, 0) is 31.2 Å². The summed E-state index contributed by atoms with van der Waals surface area (Å²) in [5.41, 5.74) is 3.04. The Bertz CT molecular complexity index is 861. The number of benzene rings is 1. The van der Waals surface area contributed by atoms with Crippen LogP contribution in [-0.4, -0.2) is 44.8 Å². The zero-order valence-corrected chi connectivity index (χ0v) is 12.3. The molecule has 0 aliphatic carbocycles. The molecule has 8 nitrogen and oxygen atoms in total. The molecule has 1 N–H and O–H groups in total. The molecule has 0 unspecified atom stereocenters. The van der Waals surface area contributed by atoms with E-state index in [1.165, 1.54) is 0 Å². The third kappa shape index (κ3) is 2.29. The average molecular weight is 311 g/mol. The van der Waals surface area contributed by atoms with Crippen molar-refractivity contribution in [3.63, 3.8) is 0 Å². The molecule has 1 aliphatic rings. The van der Waals surface area contributed by atoms with Gasteiger partial charge in [-0.15, -0.1) is 5.10 Å². The summed E-state index contributed by atoms with van der Waals surface area (Å²) in [6.07, 6.45) is 0. The molecule has 3 heterocycles. The third-order valence-electron chi connectivity index (χ3n) is 3.59. The second kappa shape index (κ2) is 5.03. The Morgan fingerprint density at radius 3 is 2.48 bits per heavy atom. The first kappa shape index (κ1) is 13.6. The fourth-order valence-corrected chi connectivity index (χ4v) is 2.56. The lowest BCUT2D eigenvalue weighted by Gasteiger charge is -2.24. The SMILES string of the molecule is Cc1cc2nc(-c3ccc(N4C(=O)COCC4=O)cc3)nn2[nH]1. The van der Waals surface area contributed by atoms with E-state index in [0.29, 0.717) is 11.5 Å². The van der Waals surface area contributed by atoms with Crippen molar-refractivity contribution in [2.45, 2.75) is 6.92 Å². The number of H-pyrrole nitrogens is 1. The number of morpholine rings is 1. The number of ether oxygens (including phenoxy) is 1. The maximum atomic E-state index is 11.8. The summed E-state index contributed by atoms with van der Waals surface area (Å²) in [6, 6.07) is 8.88. The molecule has 0 saturated carbocycles. The largest absolute Gasteiger partial charge is 0.362 e. The molecule has 0 atom stereocenters. The number of hydrogen-bond donors (Lipinski definition) is 1. The number of imide groups is 1. The van der Waals surface area contributed by atoms with E-state index >= 15 is 0 Å². The monoisotopic (exact) mass is 311 g/mol. The highest BCUT2D eigenvalue weighted by atomic mass is 16.5. The van der Waals surface area contributed by atoms with Gasteiger partial charge < -0.3 is 4.74 Å². The highest BCUT2D eigenvalue weighted by Gasteiger charge is 2.28. The zero-order chi connectivity index (χ0) is 16.0. The van der Waals surface area contributed by atoms with Crippen molar-refractivity contribution in [3.8, 4) is 11.4 Å². The van der Waals surface area contributed by atoms with Crippen molar-refractivity contribution in [2.75, 3.05) is 18.1 Å². The van der Waals surface area contributed by atoms with E-state index < -0.39 is 0 Å². The van der Waals surface area contributed by atoms with Gasteiger partial charge in [0.25, 0.3) is 11.8 Å². The first-order chi connectivity index (χ1) is 11.1. The lowest BCUT2D eigenvalue weighted by atomic mass is 10.1. The quantitative estimate of drug-likeness (QED) is 0.711. The fourth-order valence-electron chi connectivity index (χ4n) is 2.56. The van der Waals surface area contributed by atoms with Gasteiger partial charge in [0.2, 0.25) is 0 Å². The maximum Gasteiger partial charge on any atom is 0.259 e. The lowest BCUT2D eigenvalue weighted by molar-refractivity contribution is -0.138. The Balaban J connectivity index is 1.65. The Hall–Kier alpha value is -3.00. The second-order valence-corrected chi connectivity index (χ2v) is 5.31. The number of carbonyl (C=O) groups excluding carboxylic acids is 2. The van der Waals surface area contributed by atoms with Gasteiger partial charge in [-0.25, -0.2) is 9.88 Å². The smallest absolute Gasteiger partial charge is 0.259 e. The van der Waals surface area contributed by atoms with E-state index in [-0.39, 0.29) is 25.0 Å². The van der Waals surface area contributed by atoms with E-state index in [1.807, 2.05) is 13.0 Å². The van der Waals surface area contributed by atoms with Gasteiger partial charge in [-0.3, -0.25) is 14.7 Å². The van der Waals surface area contributed by atoms with Crippen molar-refractivity contribution in [2.24, 2.45) is 0 Å². The van der Waals surface area contributed by atoms with E-state index in [4.69, 9.17) is 4.74 Å². The molecule has 3 aromatic rings. The van der Waals surface area contributed by atoms with Crippen LogP contribution in [0.2, 0.25) is 0 Å². The molecule has 2 aromatic heterocycles. The van der Waals surface area contributed by atoms with Crippen LogP contribution in [0, 0.1) is 6.92 Å². The van der Waals surface area contributed by atoms with Gasteiger partial charge >= 0.3 is 0 Å². The highest BCUT2D eigenvalue weighted by molar-refractivity contribution is 6.17. The Labute approximate surface area is 130 Å². The molecule has 8 heteroatoms.